The second-order valence-corrected chi connectivity index (χ2v) is 13.6. The van der Waals surface area contributed by atoms with Crippen LogP contribution in [0.1, 0.15) is 0 Å². The summed E-state index contributed by atoms with van der Waals surface area (Å²) in [6, 6.07) is 66.9. The molecule has 11 rings (SSSR count). The summed E-state index contributed by atoms with van der Waals surface area (Å²) in [4.78, 5) is 7.47. The summed E-state index contributed by atoms with van der Waals surface area (Å²) >= 11 is 0. The Labute approximate surface area is 305 Å². The lowest BCUT2D eigenvalue weighted by atomic mass is 10.0. The van der Waals surface area contributed by atoms with Crippen molar-refractivity contribution in [3.63, 3.8) is 0 Å². The highest BCUT2D eigenvalue weighted by Crippen LogP contribution is 2.44. The third-order valence-corrected chi connectivity index (χ3v) is 10.6. The molecule has 0 amide bonds. The summed E-state index contributed by atoms with van der Waals surface area (Å²) in [6.45, 7) is 0. The molecule has 0 fully saturated rings. The summed E-state index contributed by atoms with van der Waals surface area (Å²) in [6.07, 6.45) is 0. The number of nitrogens with zero attached hydrogens (tertiary/aromatic N) is 3. The number of fused-ring (bicyclic) bond motifs is 9. The molecule has 0 bridgehead atoms. The van der Waals surface area contributed by atoms with Crippen LogP contribution in [0.25, 0.3) is 82.4 Å². The van der Waals surface area contributed by atoms with E-state index in [0.29, 0.717) is 5.89 Å². The summed E-state index contributed by atoms with van der Waals surface area (Å²) in [5.41, 5.74) is 8.96. The molecule has 248 valence electrons. The minimum Gasteiger partial charge on any atom is -0.436 e. The van der Waals surface area contributed by atoms with E-state index in [9.17, 15) is 0 Å². The van der Waals surface area contributed by atoms with Crippen LogP contribution < -0.4 is 4.90 Å². The molecular weight excluding hydrogens is 647 g/mol. The Bertz CT molecular complexity index is 3180. The molecule has 0 N–H and O–H groups in total. The minimum absolute atomic E-state index is 0.601. The van der Waals surface area contributed by atoms with Crippen molar-refractivity contribution in [3.05, 3.63) is 188 Å². The van der Waals surface area contributed by atoms with Crippen LogP contribution in [0.3, 0.4) is 0 Å². The molecule has 0 unspecified atom stereocenters. The van der Waals surface area contributed by atoms with E-state index in [4.69, 9.17) is 9.40 Å². The van der Waals surface area contributed by atoms with Crippen molar-refractivity contribution in [2.45, 2.75) is 0 Å². The van der Waals surface area contributed by atoms with Crippen LogP contribution in [0.4, 0.5) is 17.1 Å². The zero-order chi connectivity index (χ0) is 34.9. The molecule has 0 aliphatic rings. The molecular formula is C49H31N3O. The lowest BCUT2D eigenvalue weighted by Crippen LogP contribution is -2.11. The molecule has 2 heterocycles. The van der Waals surface area contributed by atoms with Gasteiger partial charge in [-0.2, -0.15) is 0 Å². The Kier molecular flexibility index (Phi) is 6.52. The van der Waals surface area contributed by atoms with Crippen molar-refractivity contribution < 1.29 is 4.42 Å². The summed E-state index contributed by atoms with van der Waals surface area (Å²) in [5.74, 6) is 0.601. The topological polar surface area (TPSA) is 34.2 Å². The van der Waals surface area contributed by atoms with Crippen molar-refractivity contribution in [1.29, 1.82) is 0 Å². The van der Waals surface area contributed by atoms with Crippen LogP contribution in [-0.4, -0.2) is 9.55 Å². The van der Waals surface area contributed by atoms with Crippen molar-refractivity contribution in [2.75, 3.05) is 4.90 Å². The number of hydrogen-bond acceptors (Lipinski definition) is 3. The van der Waals surface area contributed by atoms with E-state index in [-0.39, 0.29) is 0 Å². The quantitative estimate of drug-likeness (QED) is 0.170. The molecule has 53 heavy (non-hydrogen) atoms. The van der Waals surface area contributed by atoms with E-state index < -0.39 is 0 Å². The number of benzene rings is 9. The van der Waals surface area contributed by atoms with E-state index in [0.717, 1.165) is 44.9 Å². The third-order valence-electron chi connectivity index (χ3n) is 10.6. The number of aromatic nitrogens is 2. The molecule has 0 radical (unpaired) electrons. The van der Waals surface area contributed by atoms with Gasteiger partial charge in [-0.3, -0.25) is 0 Å². The Balaban J connectivity index is 1.20. The van der Waals surface area contributed by atoms with Gasteiger partial charge in [0.1, 0.15) is 5.52 Å². The Morgan fingerprint density at radius 3 is 1.91 bits per heavy atom. The largest absolute Gasteiger partial charge is 0.436 e. The third kappa shape index (κ3) is 4.66. The van der Waals surface area contributed by atoms with Gasteiger partial charge >= 0.3 is 0 Å². The van der Waals surface area contributed by atoms with E-state index in [2.05, 4.69) is 161 Å². The highest BCUT2D eigenvalue weighted by atomic mass is 16.3. The van der Waals surface area contributed by atoms with Gasteiger partial charge in [0, 0.05) is 38.8 Å². The summed E-state index contributed by atoms with van der Waals surface area (Å²) < 4.78 is 8.84. The average Bonchev–Trinajstić information content (AvgIpc) is 3.82. The Morgan fingerprint density at radius 2 is 1.08 bits per heavy atom. The van der Waals surface area contributed by atoms with Gasteiger partial charge in [0.2, 0.25) is 5.89 Å². The molecule has 0 saturated heterocycles. The van der Waals surface area contributed by atoms with Crippen molar-refractivity contribution in [3.8, 4) is 17.1 Å². The molecule has 0 saturated carbocycles. The zero-order valence-corrected chi connectivity index (χ0v) is 28.6. The number of hydrogen-bond donors (Lipinski definition) is 0. The number of para-hydroxylation sites is 2. The molecule has 4 nitrogen and oxygen atoms in total. The first kappa shape index (κ1) is 29.5. The zero-order valence-electron chi connectivity index (χ0n) is 28.6. The highest BCUT2D eigenvalue weighted by Gasteiger charge is 2.22. The van der Waals surface area contributed by atoms with Gasteiger partial charge in [-0.15, -0.1) is 0 Å². The van der Waals surface area contributed by atoms with Crippen molar-refractivity contribution >= 4 is 82.3 Å². The van der Waals surface area contributed by atoms with Gasteiger partial charge in [0.15, 0.2) is 5.58 Å². The number of oxazole rings is 1. The molecule has 9 aromatic carbocycles. The average molecular weight is 678 g/mol. The van der Waals surface area contributed by atoms with Crippen LogP contribution in [0.15, 0.2) is 192 Å². The van der Waals surface area contributed by atoms with Gasteiger partial charge in [-0.25, -0.2) is 4.98 Å². The van der Waals surface area contributed by atoms with E-state index >= 15 is 0 Å². The first-order valence-corrected chi connectivity index (χ1v) is 18.0. The number of rotatable bonds is 5. The maximum Gasteiger partial charge on any atom is 0.227 e. The van der Waals surface area contributed by atoms with Gasteiger partial charge < -0.3 is 13.9 Å². The lowest BCUT2D eigenvalue weighted by molar-refractivity contribution is 0.620. The maximum absolute atomic E-state index is 6.42. The normalized spacial score (nSPS) is 11.8. The molecule has 11 aromatic rings. The van der Waals surface area contributed by atoms with Crippen LogP contribution in [0, 0.1) is 0 Å². The monoisotopic (exact) mass is 677 g/mol. The maximum atomic E-state index is 6.42. The SMILES string of the molecule is c1ccc(-c2nc3c(N(c4ccc5c(ccc6ccccc65)c4)c4ccc5c6ccc7ccccc7c6n(-c6ccccc6)c5c4)cccc3o2)cc1. The minimum atomic E-state index is 0.601. The van der Waals surface area contributed by atoms with E-state index in [1.807, 2.05) is 36.4 Å². The molecule has 0 aliphatic carbocycles. The summed E-state index contributed by atoms with van der Waals surface area (Å²) in [7, 11) is 0. The fraction of sp³-hybridized carbons (Fsp3) is 0. The van der Waals surface area contributed by atoms with Crippen molar-refractivity contribution in [1.82, 2.24) is 9.55 Å². The first-order chi connectivity index (χ1) is 26.3. The molecule has 0 atom stereocenters. The molecule has 0 aliphatic heterocycles. The number of anilines is 3. The van der Waals surface area contributed by atoms with Crippen LogP contribution >= 0.6 is 0 Å². The predicted molar refractivity (Wildman–Crippen MR) is 221 cm³/mol. The van der Waals surface area contributed by atoms with Gasteiger partial charge in [-0.05, 0) is 87.6 Å². The first-order valence-electron chi connectivity index (χ1n) is 18.0. The lowest BCUT2D eigenvalue weighted by Gasteiger charge is -2.26. The second kappa shape index (κ2) is 11.7. The molecule has 0 spiro atoms. The van der Waals surface area contributed by atoms with Crippen LogP contribution in [0.2, 0.25) is 0 Å². The van der Waals surface area contributed by atoms with Crippen LogP contribution in [-0.2, 0) is 0 Å². The van der Waals surface area contributed by atoms with Crippen molar-refractivity contribution in [2.24, 2.45) is 0 Å². The summed E-state index contributed by atoms with van der Waals surface area (Å²) in [5, 5.41) is 9.76. The van der Waals surface area contributed by atoms with Gasteiger partial charge in [-0.1, -0.05) is 127 Å². The van der Waals surface area contributed by atoms with Crippen LogP contribution in [0.5, 0.6) is 0 Å². The smallest absolute Gasteiger partial charge is 0.227 e. The fourth-order valence-corrected chi connectivity index (χ4v) is 8.14. The molecule has 2 aromatic heterocycles. The Morgan fingerprint density at radius 1 is 0.453 bits per heavy atom. The fourth-order valence-electron chi connectivity index (χ4n) is 8.14. The van der Waals surface area contributed by atoms with E-state index in [1.54, 1.807) is 0 Å². The Hall–Kier alpha value is -7.17. The van der Waals surface area contributed by atoms with Gasteiger partial charge in [0.25, 0.3) is 0 Å². The second-order valence-electron chi connectivity index (χ2n) is 13.6. The predicted octanol–water partition coefficient (Wildman–Crippen LogP) is 13.5. The highest BCUT2D eigenvalue weighted by molar-refractivity contribution is 6.19. The molecule has 4 heteroatoms. The standard InChI is InChI=1S/C49H31N3O/c1-3-14-34(15-4-1)49-50-47-44(20-11-21-46(47)53-49)51(37-25-28-40-35(30-37)23-22-32-12-7-9-18-39(32)40)38-26-29-42-43-27-24-33-13-8-10-19-41(33)48(43)52(45(42)31-38)36-16-5-2-6-17-36/h1-31H. The van der Waals surface area contributed by atoms with E-state index in [1.165, 1.54) is 48.6 Å². The van der Waals surface area contributed by atoms with Gasteiger partial charge in [0.05, 0.1) is 16.7 Å².